The first-order valence-electron chi connectivity index (χ1n) is 5.61. The van der Waals surface area contributed by atoms with Crippen LogP contribution in [0, 0.1) is 0 Å². The topological polar surface area (TPSA) is 43.6 Å². The third-order valence-corrected chi connectivity index (χ3v) is 2.85. The van der Waals surface area contributed by atoms with Gasteiger partial charge in [-0.2, -0.15) is 0 Å². The summed E-state index contributed by atoms with van der Waals surface area (Å²) in [6.07, 6.45) is 6.26. The van der Waals surface area contributed by atoms with Crippen LogP contribution in [0.25, 0.3) is 11.8 Å². The monoisotopic (exact) mass is 228 g/mol. The Hall–Kier alpha value is -2.10. The number of dihydropyridines is 1. The lowest BCUT2D eigenvalue weighted by Gasteiger charge is -2.21. The summed E-state index contributed by atoms with van der Waals surface area (Å²) in [5.41, 5.74) is 1.77. The van der Waals surface area contributed by atoms with Crippen molar-refractivity contribution < 1.29 is 4.74 Å². The van der Waals surface area contributed by atoms with Gasteiger partial charge in [0.1, 0.15) is 6.61 Å². The van der Waals surface area contributed by atoms with Crippen molar-refractivity contribution >= 4 is 18.0 Å². The van der Waals surface area contributed by atoms with Crippen molar-refractivity contribution in [1.82, 2.24) is 4.57 Å². The zero-order valence-corrected chi connectivity index (χ0v) is 9.30. The van der Waals surface area contributed by atoms with Crippen LogP contribution in [-0.4, -0.2) is 23.9 Å². The zero-order valence-electron chi connectivity index (χ0n) is 9.30. The van der Waals surface area contributed by atoms with Crippen LogP contribution in [0.2, 0.25) is 0 Å². The maximum atomic E-state index is 12.0. The molecule has 0 aliphatic carbocycles. The molecule has 0 fully saturated rings. The maximum Gasteiger partial charge on any atom is 0.255 e. The van der Waals surface area contributed by atoms with Gasteiger partial charge in [0.25, 0.3) is 5.56 Å². The van der Waals surface area contributed by atoms with Crippen LogP contribution >= 0.6 is 0 Å². The Balaban J connectivity index is 2.30. The highest BCUT2D eigenvalue weighted by Crippen LogP contribution is 2.21. The summed E-state index contributed by atoms with van der Waals surface area (Å²) in [6.45, 7) is 1.21. The first-order chi connectivity index (χ1) is 8.36. The molecule has 2 aliphatic rings. The van der Waals surface area contributed by atoms with E-state index in [0.29, 0.717) is 18.9 Å². The standard InChI is InChI=1S/C13H12N2O2/c16-13-5-1-3-10-4-2-8-17-12-9-14-7-6-11(12)15(10)13/h1-5,9H,6-8H2/b4-2-. The van der Waals surface area contributed by atoms with Gasteiger partial charge >= 0.3 is 0 Å². The Labute approximate surface area is 98.6 Å². The molecule has 0 saturated heterocycles. The Morgan fingerprint density at radius 2 is 2.29 bits per heavy atom. The number of allylic oxidation sites excluding steroid dienone is 1. The van der Waals surface area contributed by atoms with Gasteiger partial charge in [-0.15, -0.1) is 0 Å². The quantitative estimate of drug-likeness (QED) is 0.676. The number of nitrogens with zero attached hydrogens (tertiary/aromatic N) is 2. The molecule has 0 bridgehead atoms. The Kier molecular flexibility index (Phi) is 2.40. The van der Waals surface area contributed by atoms with Crippen LogP contribution in [-0.2, 0) is 4.74 Å². The van der Waals surface area contributed by atoms with Gasteiger partial charge in [0.05, 0.1) is 11.9 Å². The fraction of sp³-hybridized carbons (Fsp3) is 0.231. The Morgan fingerprint density at radius 3 is 3.24 bits per heavy atom. The second-order valence-corrected chi connectivity index (χ2v) is 3.93. The molecule has 4 heteroatoms. The van der Waals surface area contributed by atoms with Crippen LogP contribution in [0.1, 0.15) is 12.1 Å². The minimum atomic E-state index is -0.0274. The molecule has 17 heavy (non-hydrogen) atoms. The highest BCUT2D eigenvalue weighted by atomic mass is 16.5. The number of ether oxygens (including phenoxy) is 1. The van der Waals surface area contributed by atoms with Crippen molar-refractivity contribution in [2.75, 3.05) is 13.2 Å². The molecule has 0 saturated carbocycles. The largest absolute Gasteiger partial charge is 0.486 e. The first kappa shape index (κ1) is 10.1. The van der Waals surface area contributed by atoms with Gasteiger partial charge in [0, 0.05) is 24.7 Å². The van der Waals surface area contributed by atoms with Crippen molar-refractivity contribution in [2.24, 2.45) is 4.99 Å². The van der Waals surface area contributed by atoms with E-state index in [-0.39, 0.29) is 5.56 Å². The normalized spacial score (nSPS) is 19.8. The van der Waals surface area contributed by atoms with E-state index in [1.807, 2.05) is 18.2 Å². The van der Waals surface area contributed by atoms with Crippen molar-refractivity contribution in [3.8, 4) is 0 Å². The van der Waals surface area contributed by atoms with Gasteiger partial charge < -0.3 is 4.74 Å². The number of hydrogen-bond donors (Lipinski definition) is 0. The van der Waals surface area contributed by atoms with E-state index in [2.05, 4.69) is 4.99 Å². The van der Waals surface area contributed by atoms with Gasteiger partial charge in [-0.05, 0) is 18.2 Å². The van der Waals surface area contributed by atoms with Crippen LogP contribution in [0.4, 0.5) is 0 Å². The summed E-state index contributed by atoms with van der Waals surface area (Å²) in [4.78, 5) is 16.2. The van der Waals surface area contributed by atoms with Crippen LogP contribution in [0.5, 0.6) is 0 Å². The highest BCUT2D eigenvalue weighted by Gasteiger charge is 2.16. The van der Waals surface area contributed by atoms with Crippen LogP contribution in [0.15, 0.2) is 39.8 Å². The molecule has 0 unspecified atom stereocenters. The van der Waals surface area contributed by atoms with Gasteiger partial charge in [0.2, 0.25) is 0 Å². The molecule has 0 amide bonds. The van der Waals surface area contributed by atoms with Gasteiger partial charge in [-0.1, -0.05) is 6.07 Å². The molecule has 0 aromatic carbocycles. The molecule has 2 aliphatic heterocycles. The summed E-state index contributed by atoms with van der Waals surface area (Å²) in [5, 5.41) is 0. The van der Waals surface area contributed by atoms with E-state index in [1.54, 1.807) is 22.9 Å². The minimum Gasteiger partial charge on any atom is -0.486 e. The van der Waals surface area contributed by atoms with Gasteiger partial charge in [-0.25, -0.2) is 0 Å². The Bertz CT molecular complexity index is 594. The maximum absolute atomic E-state index is 12.0. The first-order valence-corrected chi connectivity index (χ1v) is 5.61. The third kappa shape index (κ3) is 1.71. The van der Waals surface area contributed by atoms with E-state index in [0.717, 1.165) is 17.8 Å². The highest BCUT2D eigenvalue weighted by molar-refractivity contribution is 5.86. The molecule has 3 rings (SSSR count). The number of aliphatic imine (C=N–C) groups is 1. The lowest BCUT2D eigenvalue weighted by atomic mass is 10.2. The number of fused-ring (bicyclic) bond motifs is 2. The lowest BCUT2D eigenvalue weighted by molar-refractivity contribution is 0.269. The van der Waals surface area contributed by atoms with Crippen molar-refractivity contribution in [3.05, 3.63) is 46.1 Å². The van der Waals surface area contributed by atoms with Crippen LogP contribution in [0.3, 0.4) is 0 Å². The molecule has 3 heterocycles. The van der Waals surface area contributed by atoms with E-state index in [9.17, 15) is 4.79 Å². The predicted octanol–water partition coefficient (Wildman–Crippen LogP) is 1.53. The molecule has 0 spiro atoms. The van der Waals surface area contributed by atoms with Crippen LogP contribution < -0.4 is 5.56 Å². The lowest BCUT2D eigenvalue weighted by Crippen LogP contribution is -2.24. The SMILES string of the molecule is O=c1cccc2n1C1=C(C=NCC1)OC/C=C\2. The smallest absolute Gasteiger partial charge is 0.255 e. The summed E-state index contributed by atoms with van der Waals surface area (Å²) in [5.74, 6) is 0.704. The summed E-state index contributed by atoms with van der Waals surface area (Å²) < 4.78 is 7.29. The van der Waals surface area contributed by atoms with Gasteiger partial charge in [0.15, 0.2) is 5.76 Å². The molecule has 86 valence electrons. The third-order valence-electron chi connectivity index (χ3n) is 2.85. The summed E-state index contributed by atoms with van der Waals surface area (Å²) >= 11 is 0. The van der Waals surface area contributed by atoms with E-state index in [4.69, 9.17) is 4.74 Å². The molecular formula is C13H12N2O2. The fourth-order valence-corrected chi connectivity index (χ4v) is 2.09. The van der Waals surface area contributed by atoms with Crippen molar-refractivity contribution in [3.63, 3.8) is 0 Å². The molecule has 4 nitrogen and oxygen atoms in total. The van der Waals surface area contributed by atoms with Crippen molar-refractivity contribution in [2.45, 2.75) is 6.42 Å². The molecule has 0 radical (unpaired) electrons. The second-order valence-electron chi connectivity index (χ2n) is 3.93. The Morgan fingerprint density at radius 1 is 1.35 bits per heavy atom. The number of pyridine rings is 1. The number of rotatable bonds is 0. The summed E-state index contributed by atoms with van der Waals surface area (Å²) in [6, 6.07) is 5.27. The van der Waals surface area contributed by atoms with Gasteiger partial charge in [-0.3, -0.25) is 14.4 Å². The van der Waals surface area contributed by atoms with E-state index >= 15 is 0 Å². The minimum absolute atomic E-state index is 0.0274. The molecular weight excluding hydrogens is 216 g/mol. The molecule has 0 atom stereocenters. The fourth-order valence-electron chi connectivity index (χ4n) is 2.09. The second kappa shape index (κ2) is 4.05. The van der Waals surface area contributed by atoms with E-state index < -0.39 is 0 Å². The molecule has 0 N–H and O–H groups in total. The molecule has 1 aromatic rings. The van der Waals surface area contributed by atoms with E-state index in [1.165, 1.54) is 0 Å². The molecule has 1 aromatic heterocycles. The average molecular weight is 228 g/mol. The number of hydrogen-bond acceptors (Lipinski definition) is 3. The predicted molar refractivity (Wildman–Crippen MR) is 66.9 cm³/mol. The average Bonchev–Trinajstić information content (AvgIpc) is 2.32. The zero-order chi connectivity index (χ0) is 11.7. The number of aromatic nitrogens is 1. The summed E-state index contributed by atoms with van der Waals surface area (Å²) in [7, 11) is 0. The van der Waals surface area contributed by atoms with Crippen molar-refractivity contribution in [1.29, 1.82) is 0 Å².